The van der Waals surface area contributed by atoms with Gasteiger partial charge in [0, 0.05) is 12.3 Å². The van der Waals surface area contributed by atoms with Crippen molar-refractivity contribution in [1.82, 2.24) is 10.1 Å². The van der Waals surface area contributed by atoms with Gasteiger partial charge in [0.15, 0.2) is 5.76 Å². The van der Waals surface area contributed by atoms with Crippen molar-refractivity contribution in [2.24, 2.45) is 0 Å². The Kier molecular flexibility index (Phi) is 3.56. The number of rotatable bonds is 4. The molecule has 0 radical (unpaired) electrons. The first-order chi connectivity index (χ1) is 8.58. The van der Waals surface area contributed by atoms with E-state index in [0.717, 1.165) is 5.69 Å². The number of nitrogens with zero attached hydrogens (tertiary/aromatic N) is 3. The van der Waals surface area contributed by atoms with Gasteiger partial charge in [-0.2, -0.15) is 0 Å². The van der Waals surface area contributed by atoms with Crippen LogP contribution in [0.3, 0.4) is 0 Å². The summed E-state index contributed by atoms with van der Waals surface area (Å²) in [5.74, 6) is 0.602. The SMILES string of the molecule is Cc1cc(CNc2c(Br)cncc2[N+](=O)[O-])on1. The van der Waals surface area contributed by atoms with Gasteiger partial charge in [-0.15, -0.1) is 0 Å². The van der Waals surface area contributed by atoms with Crippen molar-refractivity contribution in [2.75, 3.05) is 5.32 Å². The first-order valence-corrected chi connectivity index (χ1v) is 5.81. The van der Waals surface area contributed by atoms with E-state index >= 15 is 0 Å². The highest BCUT2D eigenvalue weighted by molar-refractivity contribution is 9.10. The zero-order valence-electron chi connectivity index (χ0n) is 9.38. The third kappa shape index (κ3) is 2.65. The standard InChI is InChI=1S/C10H9BrN4O3/c1-6-2-7(18-14-6)3-13-10-8(11)4-12-5-9(10)15(16)17/h2,4-5H,3H2,1H3,(H,12,13). The van der Waals surface area contributed by atoms with Gasteiger partial charge in [0.2, 0.25) is 0 Å². The van der Waals surface area contributed by atoms with Crippen LogP contribution in [-0.2, 0) is 6.54 Å². The van der Waals surface area contributed by atoms with E-state index in [0.29, 0.717) is 22.5 Å². The van der Waals surface area contributed by atoms with Gasteiger partial charge in [0.05, 0.1) is 21.6 Å². The lowest BCUT2D eigenvalue weighted by atomic mass is 10.3. The summed E-state index contributed by atoms with van der Waals surface area (Å²) in [6.07, 6.45) is 2.68. The molecule has 0 fully saturated rings. The summed E-state index contributed by atoms with van der Waals surface area (Å²) in [4.78, 5) is 14.1. The van der Waals surface area contributed by atoms with Gasteiger partial charge in [0.25, 0.3) is 0 Å². The Bertz CT molecular complexity index is 584. The van der Waals surface area contributed by atoms with E-state index in [4.69, 9.17) is 4.52 Å². The second kappa shape index (κ2) is 5.13. The molecule has 0 saturated heterocycles. The van der Waals surface area contributed by atoms with Gasteiger partial charge in [-0.05, 0) is 22.9 Å². The summed E-state index contributed by atoms with van der Waals surface area (Å²) < 4.78 is 5.53. The largest absolute Gasteiger partial charge is 0.371 e. The molecule has 94 valence electrons. The summed E-state index contributed by atoms with van der Waals surface area (Å²) in [5.41, 5.74) is 1.03. The van der Waals surface area contributed by atoms with Crippen LogP contribution in [0.25, 0.3) is 0 Å². The van der Waals surface area contributed by atoms with Crippen molar-refractivity contribution in [2.45, 2.75) is 13.5 Å². The Balaban J connectivity index is 2.20. The molecule has 8 heteroatoms. The topological polar surface area (TPSA) is 94.1 Å². The van der Waals surface area contributed by atoms with E-state index in [1.807, 2.05) is 0 Å². The number of nitro groups is 1. The van der Waals surface area contributed by atoms with Crippen LogP contribution in [-0.4, -0.2) is 15.1 Å². The van der Waals surface area contributed by atoms with E-state index < -0.39 is 4.92 Å². The molecular formula is C10H9BrN4O3. The first-order valence-electron chi connectivity index (χ1n) is 5.02. The van der Waals surface area contributed by atoms with E-state index in [2.05, 4.69) is 31.4 Å². The summed E-state index contributed by atoms with van der Waals surface area (Å²) in [6.45, 7) is 2.11. The lowest BCUT2D eigenvalue weighted by Gasteiger charge is -2.06. The normalized spacial score (nSPS) is 10.3. The lowest BCUT2D eigenvalue weighted by molar-refractivity contribution is -0.384. The van der Waals surface area contributed by atoms with Crippen molar-refractivity contribution >= 4 is 27.3 Å². The number of aryl methyl sites for hydroxylation is 1. The summed E-state index contributed by atoms with van der Waals surface area (Å²) in [5, 5.41) is 17.5. The van der Waals surface area contributed by atoms with E-state index in [9.17, 15) is 10.1 Å². The third-order valence-electron chi connectivity index (χ3n) is 2.19. The van der Waals surface area contributed by atoms with Gasteiger partial charge in [-0.3, -0.25) is 15.1 Å². The predicted molar refractivity (Wildman–Crippen MR) is 67.2 cm³/mol. The number of nitrogens with one attached hydrogen (secondary N) is 1. The molecular weight excluding hydrogens is 304 g/mol. The van der Waals surface area contributed by atoms with Crippen molar-refractivity contribution < 1.29 is 9.45 Å². The molecule has 2 rings (SSSR count). The molecule has 0 aliphatic heterocycles. The van der Waals surface area contributed by atoms with Gasteiger partial charge in [-0.25, -0.2) is 0 Å². The molecule has 2 aromatic heterocycles. The molecule has 0 spiro atoms. The quantitative estimate of drug-likeness (QED) is 0.689. The highest BCUT2D eigenvalue weighted by Crippen LogP contribution is 2.31. The average Bonchev–Trinajstić information content (AvgIpc) is 2.73. The molecule has 0 aliphatic rings. The van der Waals surface area contributed by atoms with Crippen molar-refractivity contribution in [3.63, 3.8) is 0 Å². The third-order valence-corrected chi connectivity index (χ3v) is 2.79. The Labute approximate surface area is 110 Å². The fraction of sp³-hybridized carbons (Fsp3) is 0.200. The summed E-state index contributed by atoms with van der Waals surface area (Å²) in [6, 6.07) is 1.76. The molecule has 0 aromatic carbocycles. The second-order valence-corrected chi connectivity index (χ2v) is 4.42. The molecule has 7 nitrogen and oxygen atoms in total. The molecule has 1 N–H and O–H groups in total. The van der Waals surface area contributed by atoms with Crippen molar-refractivity contribution in [3.8, 4) is 0 Å². The summed E-state index contributed by atoms with van der Waals surface area (Å²) in [7, 11) is 0. The smallest absolute Gasteiger partial charge is 0.311 e. The Morgan fingerprint density at radius 3 is 2.94 bits per heavy atom. The van der Waals surface area contributed by atoms with Crippen LogP contribution >= 0.6 is 15.9 Å². The highest BCUT2D eigenvalue weighted by atomic mass is 79.9. The van der Waals surface area contributed by atoms with Crippen LogP contribution < -0.4 is 5.32 Å². The number of aromatic nitrogens is 2. The fourth-order valence-corrected chi connectivity index (χ4v) is 1.87. The maximum absolute atomic E-state index is 10.9. The lowest BCUT2D eigenvalue weighted by Crippen LogP contribution is -2.03. The Morgan fingerprint density at radius 1 is 1.56 bits per heavy atom. The monoisotopic (exact) mass is 312 g/mol. The molecule has 0 amide bonds. The molecule has 2 heterocycles. The van der Waals surface area contributed by atoms with E-state index in [1.165, 1.54) is 12.4 Å². The summed E-state index contributed by atoms with van der Waals surface area (Å²) >= 11 is 3.22. The number of pyridine rings is 1. The van der Waals surface area contributed by atoms with Crippen LogP contribution in [0.5, 0.6) is 0 Å². The van der Waals surface area contributed by atoms with Gasteiger partial charge in [0.1, 0.15) is 11.9 Å². The van der Waals surface area contributed by atoms with Crippen molar-refractivity contribution in [1.29, 1.82) is 0 Å². The van der Waals surface area contributed by atoms with Crippen LogP contribution in [0.2, 0.25) is 0 Å². The Hall–Kier alpha value is -1.96. The molecule has 0 saturated carbocycles. The fourth-order valence-electron chi connectivity index (χ4n) is 1.41. The zero-order valence-corrected chi connectivity index (χ0v) is 11.0. The van der Waals surface area contributed by atoms with Crippen LogP contribution in [0.1, 0.15) is 11.5 Å². The molecule has 0 aliphatic carbocycles. The van der Waals surface area contributed by atoms with Crippen LogP contribution in [0, 0.1) is 17.0 Å². The molecule has 0 unspecified atom stereocenters. The van der Waals surface area contributed by atoms with Crippen LogP contribution in [0.4, 0.5) is 11.4 Å². The van der Waals surface area contributed by atoms with E-state index in [-0.39, 0.29) is 5.69 Å². The maximum atomic E-state index is 10.9. The number of halogens is 1. The highest BCUT2D eigenvalue weighted by Gasteiger charge is 2.17. The van der Waals surface area contributed by atoms with Gasteiger partial charge < -0.3 is 9.84 Å². The average molecular weight is 313 g/mol. The van der Waals surface area contributed by atoms with Crippen LogP contribution in [0.15, 0.2) is 27.5 Å². The number of hydrogen-bond donors (Lipinski definition) is 1. The Morgan fingerprint density at radius 2 is 2.33 bits per heavy atom. The molecule has 2 aromatic rings. The minimum atomic E-state index is -0.494. The second-order valence-electron chi connectivity index (χ2n) is 3.56. The zero-order chi connectivity index (χ0) is 13.1. The minimum Gasteiger partial charge on any atom is -0.371 e. The van der Waals surface area contributed by atoms with E-state index in [1.54, 1.807) is 13.0 Å². The van der Waals surface area contributed by atoms with Gasteiger partial charge >= 0.3 is 5.69 Å². The maximum Gasteiger partial charge on any atom is 0.311 e. The van der Waals surface area contributed by atoms with Gasteiger partial charge in [-0.1, -0.05) is 5.16 Å². The number of hydrogen-bond acceptors (Lipinski definition) is 6. The predicted octanol–water partition coefficient (Wildman–Crippen LogP) is 2.66. The molecule has 0 bridgehead atoms. The number of anilines is 1. The van der Waals surface area contributed by atoms with Crippen molar-refractivity contribution in [3.05, 3.63) is 44.5 Å². The molecule has 0 atom stereocenters. The first kappa shape index (κ1) is 12.5. The minimum absolute atomic E-state index is 0.0967. The molecule has 18 heavy (non-hydrogen) atoms.